The van der Waals surface area contributed by atoms with E-state index in [-0.39, 0.29) is 0 Å². The maximum atomic E-state index is 8.74. The Morgan fingerprint density at radius 1 is 1.75 bits per heavy atom. The minimum absolute atomic E-state index is 1.22. The van der Waals surface area contributed by atoms with E-state index in [1.165, 1.54) is 31.6 Å². The molecule has 0 aliphatic carbocycles. The van der Waals surface area contributed by atoms with Crippen LogP contribution in [0.5, 0.6) is 0 Å². The molecule has 0 rings (SSSR count). The average Bonchev–Trinajstić information content (AvgIpc) is 1.65. The first-order valence-corrected chi connectivity index (χ1v) is 4.89. The van der Waals surface area contributed by atoms with Crippen LogP contribution in [0.1, 0.15) is 0 Å². The molecule has 0 aromatic rings. The first kappa shape index (κ1) is 11.7. The van der Waals surface area contributed by atoms with Crippen molar-refractivity contribution in [3.05, 3.63) is 12.7 Å². The zero-order valence-corrected chi connectivity index (χ0v) is 7.79. The van der Waals surface area contributed by atoms with E-state index in [0.717, 1.165) is 0 Å². The molecule has 0 amide bonds. The zero-order chi connectivity index (χ0) is 6.99. The van der Waals surface area contributed by atoms with E-state index in [1.807, 2.05) is 6.08 Å². The predicted octanol–water partition coefficient (Wildman–Crippen LogP) is 0.120. The monoisotopic (exact) mass is 146 g/mol. The summed E-state index contributed by atoms with van der Waals surface area (Å²) in [7, 11) is -3.13. The summed E-state index contributed by atoms with van der Waals surface area (Å²) < 4.78 is 9.96. The zero-order valence-electron chi connectivity index (χ0n) is 4.79. The van der Waals surface area contributed by atoms with Gasteiger partial charge in [0.05, 0.1) is 0 Å². The van der Waals surface area contributed by atoms with E-state index in [9.17, 15) is 0 Å². The first-order chi connectivity index (χ1) is 3.65. The Bertz CT molecular complexity index is 70.9. The molecule has 0 spiro atoms. The van der Waals surface area contributed by atoms with Gasteiger partial charge in [-0.1, -0.05) is 0 Å². The van der Waals surface area contributed by atoms with Crippen LogP contribution in [0.25, 0.3) is 0 Å². The molecule has 0 saturated heterocycles. The number of allylic oxidation sites excluding steroid dienone is 1. The molecule has 0 atom stereocenters. The molecule has 8 heavy (non-hydrogen) atoms. The fourth-order valence-corrected chi connectivity index (χ4v) is 0. The predicted molar refractivity (Wildman–Crippen MR) is 34.2 cm³/mol. The quantitative estimate of drug-likeness (QED) is 0.314. The Balaban J connectivity index is 0. The van der Waals surface area contributed by atoms with Crippen molar-refractivity contribution in [2.24, 2.45) is 0 Å². The van der Waals surface area contributed by atoms with Gasteiger partial charge in [0, 0.05) is 0 Å². The SMILES string of the molecule is C=C[CH2][Na].O=[PH](O)O. The van der Waals surface area contributed by atoms with Gasteiger partial charge >= 0.3 is 52.5 Å². The standard InChI is InChI=1S/C3H5.Na.H3O3P/c1-3-2;;1-4(2)3/h3H,1-2H2;;4H,(H2,1,2,3). The van der Waals surface area contributed by atoms with Gasteiger partial charge in [-0.15, -0.1) is 0 Å². The summed E-state index contributed by atoms with van der Waals surface area (Å²) in [5, 5.41) is 0. The second-order valence-corrected chi connectivity index (χ2v) is 2.36. The van der Waals surface area contributed by atoms with Crippen molar-refractivity contribution in [2.75, 3.05) is 0 Å². The van der Waals surface area contributed by atoms with E-state index in [2.05, 4.69) is 6.58 Å². The molecular weight excluding hydrogens is 138 g/mol. The molecule has 0 aromatic carbocycles. The number of hydrogen-bond acceptors (Lipinski definition) is 1. The maximum absolute atomic E-state index is 8.74. The van der Waals surface area contributed by atoms with Crippen LogP contribution in [0, 0.1) is 0 Å². The topological polar surface area (TPSA) is 57.5 Å². The van der Waals surface area contributed by atoms with Crippen LogP contribution in [-0.2, 0) is 4.57 Å². The third kappa shape index (κ3) is 66.9. The molecular formula is C3H8NaO3P. The minimum atomic E-state index is -3.13. The third-order valence-corrected chi connectivity index (χ3v) is 0.866. The third-order valence-electron chi connectivity index (χ3n) is 0.289. The van der Waals surface area contributed by atoms with Gasteiger partial charge in [0.1, 0.15) is 0 Å². The van der Waals surface area contributed by atoms with Crippen LogP contribution < -0.4 is 0 Å². The van der Waals surface area contributed by atoms with Gasteiger partial charge in [0.2, 0.25) is 0 Å². The fourth-order valence-electron chi connectivity index (χ4n) is 0. The van der Waals surface area contributed by atoms with Crippen molar-refractivity contribution < 1.29 is 14.4 Å². The smallest absolute Gasteiger partial charge is 0.314 e. The molecule has 0 bridgehead atoms. The first-order valence-electron chi connectivity index (χ1n) is 2.17. The summed E-state index contributed by atoms with van der Waals surface area (Å²) in [6.07, 6.45) is 1.94. The molecule has 5 heteroatoms. The summed E-state index contributed by atoms with van der Waals surface area (Å²) in [5.74, 6) is 0. The molecule has 0 aliphatic rings. The fraction of sp³-hybridized carbons (Fsp3) is 0.333. The van der Waals surface area contributed by atoms with Gasteiger partial charge < -0.3 is 9.79 Å². The molecule has 0 radical (unpaired) electrons. The summed E-state index contributed by atoms with van der Waals surface area (Å²) >= 11 is 1.27. The summed E-state index contributed by atoms with van der Waals surface area (Å²) in [4.78, 5) is 14.3. The van der Waals surface area contributed by atoms with Crippen molar-refractivity contribution >= 4 is 36.2 Å². The number of hydrogen-bond donors (Lipinski definition) is 2. The van der Waals surface area contributed by atoms with Crippen molar-refractivity contribution in [1.82, 2.24) is 0 Å². The summed E-state index contributed by atoms with van der Waals surface area (Å²) in [5.41, 5.74) is 0. The second kappa shape index (κ2) is 10.8. The van der Waals surface area contributed by atoms with Crippen LogP contribution in [-0.4, -0.2) is 37.7 Å². The second-order valence-electron chi connectivity index (χ2n) is 0.979. The van der Waals surface area contributed by atoms with Crippen molar-refractivity contribution in [2.45, 2.75) is 3.67 Å². The molecule has 3 nitrogen and oxygen atoms in total. The van der Waals surface area contributed by atoms with E-state index in [1.54, 1.807) is 0 Å². The van der Waals surface area contributed by atoms with Crippen LogP contribution >= 0.6 is 8.25 Å². The molecule has 0 fully saturated rings. The van der Waals surface area contributed by atoms with E-state index < -0.39 is 8.25 Å². The Labute approximate surface area is 66.8 Å². The van der Waals surface area contributed by atoms with Crippen LogP contribution in [0.15, 0.2) is 12.7 Å². The summed E-state index contributed by atoms with van der Waals surface area (Å²) in [6, 6.07) is 0. The Hall–Kier alpha value is 0.890. The van der Waals surface area contributed by atoms with Gasteiger partial charge in [-0.05, 0) is 0 Å². The molecule has 0 unspecified atom stereocenters. The molecule has 0 saturated carbocycles. The molecule has 0 aliphatic heterocycles. The molecule has 44 valence electrons. The molecule has 0 heterocycles. The van der Waals surface area contributed by atoms with Gasteiger partial charge in [-0.2, -0.15) is 0 Å². The Morgan fingerprint density at radius 3 is 1.88 bits per heavy atom. The summed E-state index contributed by atoms with van der Waals surface area (Å²) in [6.45, 7) is 3.51. The largest absolute Gasteiger partial charge is 0.326 e. The van der Waals surface area contributed by atoms with Gasteiger partial charge in [-0.3, -0.25) is 4.57 Å². The maximum Gasteiger partial charge on any atom is 0.314 e. The molecule has 2 N–H and O–H groups in total. The minimum Gasteiger partial charge on any atom is -0.326 e. The van der Waals surface area contributed by atoms with Gasteiger partial charge in [-0.25, -0.2) is 0 Å². The Morgan fingerprint density at radius 2 is 1.88 bits per heavy atom. The van der Waals surface area contributed by atoms with Crippen LogP contribution in [0.2, 0.25) is 3.67 Å². The average molecular weight is 146 g/mol. The van der Waals surface area contributed by atoms with Gasteiger partial charge in [0.15, 0.2) is 0 Å². The van der Waals surface area contributed by atoms with Crippen LogP contribution in [0.3, 0.4) is 0 Å². The van der Waals surface area contributed by atoms with E-state index >= 15 is 0 Å². The Kier molecular flexibility index (Phi) is 15.7. The normalized spacial score (nSPS) is 7.62. The molecule has 0 aromatic heterocycles. The number of rotatable bonds is 1. The van der Waals surface area contributed by atoms with Crippen molar-refractivity contribution in [1.29, 1.82) is 0 Å². The van der Waals surface area contributed by atoms with E-state index in [4.69, 9.17) is 14.4 Å². The van der Waals surface area contributed by atoms with Crippen LogP contribution in [0.4, 0.5) is 0 Å². The van der Waals surface area contributed by atoms with Crippen molar-refractivity contribution in [3.63, 3.8) is 0 Å². The van der Waals surface area contributed by atoms with Gasteiger partial charge in [0.25, 0.3) is 0 Å². The van der Waals surface area contributed by atoms with Crippen molar-refractivity contribution in [3.8, 4) is 0 Å². The van der Waals surface area contributed by atoms with E-state index in [0.29, 0.717) is 0 Å².